The van der Waals surface area contributed by atoms with Crippen LogP contribution in [0.3, 0.4) is 0 Å². The molecular formula is C12H17N5O2. The fourth-order valence-electron chi connectivity index (χ4n) is 2.18. The van der Waals surface area contributed by atoms with E-state index in [1.807, 2.05) is 13.2 Å². The molecule has 3 heterocycles. The highest BCUT2D eigenvalue weighted by atomic mass is 16.5. The molecule has 1 N–H and O–H groups in total. The van der Waals surface area contributed by atoms with Gasteiger partial charge in [0, 0.05) is 26.3 Å². The number of aromatic nitrogens is 4. The molecule has 0 saturated carbocycles. The Morgan fingerprint density at radius 1 is 1.53 bits per heavy atom. The molecule has 7 heteroatoms. The molecule has 1 saturated heterocycles. The van der Waals surface area contributed by atoms with Crippen molar-refractivity contribution in [3.05, 3.63) is 17.7 Å². The first kappa shape index (κ1) is 12.3. The molecule has 0 aliphatic carbocycles. The monoisotopic (exact) mass is 263 g/mol. The van der Waals surface area contributed by atoms with Crippen LogP contribution in [0.1, 0.15) is 24.5 Å². The molecule has 3 rings (SSSR count). The Labute approximate surface area is 110 Å². The summed E-state index contributed by atoms with van der Waals surface area (Å²) in [6.07, 6.45) is 2.60. The van der Waals surface area contributed by atoms with E-state index in [0.717, 1.165) is 24.2 Å². The topological polar surface area (TPSA) is 78.0 Å². The molecule has 7 nitrogen and oxygen atoms in total. The quantitative estimate of drug-likeness (QED) is 0.878. The summed E-state index contributed by atoms with van der Waals surface area (Å²) in [4.78, 5) is 4.43. The van der Waals surface area contributed by atoms with Crippen LogP contribution < -0.4 is 5.32 Å². The Hall–Kier alpha value is -1.73. The van der Waals surface area contributed by atoms with Crippen molar-refractivity contribution in [3.8, 4) is 11.5 Å². The van der Waals surface area contributed by atoms with Crippen molar-refractivity contribution in [3.63, 3.8) is 0 Å². The van der Waals surface area contributed by atoms with Crippen molar-refractivity contribution in [1.29, 1.82) is 0 Å². The maximum absolute atomic E-state index is 5.61. The predicted octanol–water partition coefficient (Wildman–Crippen LogP) is 0.693. The van der Waals surface area contributed by atoms with Crippen molar-refractivity contribution < 1.29 is 9.26 Å². The molecular weight excluding hydrogens is 246 g/mol. The van der Waals surface area contributed by atoms with E-state index in [4.69, 9.17) is 9.26 Å². The molecule has 1 aliphatic heterocycles. The summed E-state index contributed by atoms with van der Waals surface area (Å²) in [7, 11) is 1.88. The average molecular weight is 263 g/mol. The van der Waals surface area contributed by atoms with Gasteiger partial charge in [-0.25, -0.2) is 0 Å². The van der Waals surface area contributed by atoms with Crippen molar-refractivity contribution in [2.24, 2.45) is 7.05 Å². The van der Waals surface area contributed by atoms with Crippen LogP contribution in [0.5, 0.6) is 0 Å². The summed E-state index contributed by atoms with van der Waals surface area (Å²) in [5.41, 5.74) is 1.85. The lowest BCUT2D eigenvalue weighted by molar-refractivity contribution is 0.0208. The third-order valence-corrected chi connectivity index (χ3v) is 3.13. The Kier molecular flexibility index (Phi) is 3.31. The number of hydrogen-bond acceptors (Lipinski definition) is 6. The van der Waals surface area contributed by atoms with Gasteiger partial charge in [-0.15, -0.1) is 0 Å². The van der Waals surface area contributed by atoms with Gasteiger partial charge in [-0.1, -0.05) is 12.1 Å². The number of nitrogens with one attached hydrogen (secondary N) is 1. The van der Waals surface area contributed by atoms with E-state index < -0.39 is 0 Å². The van der Waals surface area contributed by atoms with Gasteiger partial charge in [0.2, 0.25) is 5.82 Å². The van der Waals surface area contributed by atoms with Gasteiger partial charge in [-0.05, 0) is 6.42 Å². The highest BCUT2D eigenvalue weighted by Crippen LogP contribution is 2.24. The van der Waals surface area contributed by atoms with Gasteiger partial charge in [0.05, 0.1) is 17.9 Å². The van der Waals surface area contributed by atoms with Crippen LogP contribution >= 0.6 is 0 Å². The van der Waals surface area contributed by atoms with Crippen molar-refractivity contribution in [2.45, 2.75) is 19.4 Å². The van der Waals surface area contributed by atoms with Gasteiger partial charge >= 0.3 is 0 Å². The summed E-state index contributed by atoms with van der Waals surface area (Å²) >= 11 is 0. The van der Waals surface area contributed by atoms with Gasteiger partial charge < -0.3 is 14.6 Å². The Balaban J connectivity index is 1.87. The minimum Gasteiger partial charge on any atom is -0.367 e. The summed E-state index contributed by atoms with van der Waals surface area (Å²) in [5.74, 6) is 1.10. The van der Waals surface area contributed by atoms with Crippen molar-refractivity contribution in [1.82, 2.24) is 25.2 Å². The van der Waals surface area contributed by atoms with Gasteiger partial charge in [-0.2, -0.15) is 10.1 Å². The molecule has 0 radical (unpaired) electrons. The maximum atomic E-state index is 5.61. The van der Waals surface area contributed by atoms with E-state index in [1.165, 1.54) is 0 Å². The van der Waals surface area contributed by atoms with E-state index in [0.29, 0.717) is 24.9 Å². The Morgan fingerprint density at radius 3 is 3.16 bits per heavy atom. The zero-order valence-corrected chi connectivity index (χ0v) is 11.1. The number of rotatable bonds is 3. The molecule has 19 heavy (non-hydrogen) atoms. The van der Waals surface area contributed by atoms with Crippen LogP contribution in [0, 0.1) is 0 Å². The van der Waals surface area contributed by atoms with Gasteiger partial charge in [0.25, 0.3) is 5.89 Å². The van der Waals surface area contributed by atoms with E-state index in [1.54, 1.807) is 4.68 Å². The maximum Gasteiger partial charge on any atom is 0.261 e. The fraction of sp³-hybridized carbons (Fsp3) is 0.583. The zero-order valence-electron chi connectivity index (χ0n) is 11.1. The molecule has 1 aliphatic rings. The van der Waals surface area contributed by atoms with Crippen LogP contribution in [0.15, 0.2) is 10.7 Å². The normalized spacial score (nSPS) is 19.8. The Morgan fingerprint density at radius 2 is 2.42 bits per heavy atom. The molecule has 1 fully saturated rings. The van der Waals surface area contributed by atoms with E-state index in [2.05, 4.69) is 27.5 Å². The predicted molar refractivity (Wildman–Crippen MR) is 67.4 cm³/mol. The molecule has 0 aromatic carbocycles. The van der Waals surface area contributed by atoms with Gasteiger partial charge in [0.1, 0.15) is 6.10 Å². The second-order valence-corrected chi connectivity index (χ2v) is 4.54. The first-order valence-electron chi connectivity index (χ1n) is 6.46. The lowest BCUT2D eigenvalue weighted by Gasteiger charge is -2.20. The lowest BCUT2D eigenvalue weighted by atomic mass is 10.2. The molecule has 0 spiro atoms. The molecule has 2 aromatic rings. The number of aryl methyl sites for hydroxylation is 2. The Bertz CT molecular complexity index is 556. The van der Waals surface area contributed by atoms with Crippen molar-refractivity contribution in [2.75, 3.05) is 19.7 Å². The molecule has 1 atom stereocenters. The number of ether oxygens (including phenoxy) is 1. The third-order valence-electron chi connectivity index (χ3n) is 3.13. The van der Waals surface area contributed by atoms with Crippen LogP contribution in [-0.4, -0.2) is 39.6 Å². The summed E-state index contributed by atoms with van der Waals surface area (Å²) < 4.78 is 12.7. The second-order valence-electron chi connectivity index (χ2n) is 4.54. The highest BCUT2D eigenvalue weighted by molar-refractivity contribution is 5.55. The summed E-state index contributed by atoms with van der Waals surface area (Å²) in [5, 5.41) is 11.6. The second kappa shape index (κ2) is 5.10. The van der Waals surface area contributed by atoms with Crippen LogP contribution in [-0.2, 0) is 18.2 Å². The van der Waals surface area contributed by atoms with Crippen LogP contribution in [0.4, 0.5) is 0 Å². The number of hydrogen-bond donors (Lipinski definition) is 1. The summed E-state index contributed by atoms with van der Waals surface area (Å²) in [6.45, 7) is 4.30. The minimum atomic E-state index is -0.131. The third kappa shape index (κ3) is 2.39. The first-order valence-corrected chi connectivity index (χ1v) is 6.46. The van der Waals surface area contributed by atoms with E-state index in [-0.39, 0.29) is 6.10 Å². The van der Waals surface area contributed by atoms with Gasteiger partial charge in [0.15, 0.2) is 0 Å². The van der Waals surface area contributed by atoms with Crippen LogP contribution in [0.2, 0.25) is 0 Å². The van der Waals surface area contributed by atoms with E-state index in [9.17, 15) is 0 Å². The number of nitrogens with zero attached hydrogens (tertiary/aromatic N) is 4. The largest absolute Gasteiger partial charge is 0.367 e. The average Bonchev–Trinajstić information content (AvgIpc) is 3.05. The SMILES string of the molecule is CCc1nn(C)cc1-c1nc(C2CNCCO2)no1. The van der Waals surface area contributed by atoms with E-state index >= 15 is 0 Å². The molecule has 102 valence electrons. The molecule has 1 unspecified atom stereocenters. The van der Waals surface area contributed by atoms with Crippen molar-refractivity contribution >= 4 is 0 Å². The summed E-state index contributed by atoms with van der Waals surface area (Å²) in [6, 6.07) is 0. The van der Waals surface area contributed by atoms with Crippen LogP contribution in [0.25, 0.3) is 11.5 Å². The standard InChI is InChI=1S/C12H17N5O2/c1-3-9-8(7-17(2)15-9)12-14-11(16-19-12)10-6-13-4-5-18-10/h7,10,13H,3-6H2,1-2H3. The molecule has 0 bridgehead atoms. The fourth-order valence-corrected chi connectivity index (χ4v) is 2.18. The minimum absolute atomic E-state index is 0.131. The smallest absolute Gasteiger partial charge is 0.261 e. The zero-order chi connectivity index (χ0) is 13.2. The lowest BCUT2D eigenvalue weighted by Crippen LogP contribution is -2.33. The molecule has 2 aromatic heterocycles. The number of morpholine rings is 1. The highest BCUT2D eigenvalue weighted by Gasteiger charge is 2.23. The van der Waals surface area contributed by atoms with Gasteiger partial charge in [-0.3, -0.25) is 4.68 Å². The molecule has 0 amide bonds. The first-order chi connectivity index (χ1) is 9.28.